The average Bonchev–Trinajstić information content (AvgIpc) is 3.09. The molecule has 2 rings (SSSR count). The molecule has 1 aliphatic rings. The smallest absolute Gasteiger partial charge is 0.191 e. The minimum atomic E-state index is -3.08. The molecular weight excluding hydrogens is 348 g/mol. The second kappa shape index (κ2) is 10.5. The number of hydrogen-bond donors (Lipinski definition) is 2. The summed E-state index contributed by atoms with van der Waals surface area (Å²) in [5.41, 5.74) is 0.843. The Bertz CT molecular complexity index is 661. The number of rotatable bonds is 9. The number of nitrogens with zero attached hydrogens (tertiary/aromatic N) is 2. The predicted octanol–water partition coefficient (Wildman–Crippen LogP) is 1.64. The predicted molar refractivity (Wildman–Crippen MR) is 108 cm³/mol. The summed E-state index contributed by atoms with van der Waals surface area (Å²) < 4.78 is 24.4. The summed E-state index contributed by atoms with van der Waals surface area (Å²) in [5.74, 6) is 1.03. The minimum Gasteiger partial charge on any atom is -0.356 e. The van der Waals surface area contributed by atoms with Crippen molar-refractivity contribution in [2.75, 3.05) is 39.0 Å². The van der Waals surface area contributed by atoms with Gasteiger partial charge in [-0.1, -0.05) is 37.3 Å². The van der Waals surface area contributed by atoms with Crippen LogP contribution in [0.25, 0.3) is 0 Å². The van der Waals surface area contributed by atoms with Crippen molar-refractivity contribution in [3.63, 3.8) is 0 Å². The molecule has 26 heavy (non-hydrogen) atoms. The zero-order chi connectivity index (χ0) is 18.8. The van der Waals surface area contributed by atoms with Crippen LogP contribution in [0.2, 0.25) is 0 Å². The molecule has 0 radical (unpaired) electrons. The Labute approximate surface area is 158 Å². The number of hydrogen-bond acceptors (Lipinski definition) is 4. The molecule has 1 unspecified atom stereocenters. The largest absolute Gasteiger partial charge is 0.356 e. The van der Waals surface area contributed by atoms with Crippen LogP contribution in [-0.2, 0) is 15.6 Å². The summed E-state index contributed by atoms with van der Waals surface area (Å²) in [6.45, 7) is 5.92. The van der Waals surface area contributed by atoms with E-state index in [0.29, 0.717) is 19.0 Å². The maximum atomic E-state index is 12.2. The third-order valence-electron chi connectivity index (χ3n) is 4.79. The van der Waals surface area contributed by atoms with E-state index in [4.69, 9.17) is 0 Å². The van der Waals surface area contributed by atoms with Gasteiger partial charge in [-0.15, -0.1) is 0 Å². The third kappa shape index (κ3) is 6.96. The molecule has 1 aliphatic heterocycles. The monoisotopic (exact) mass is 380 g/mol. The lowest BCUT2D eigenvalue weighted by molar-refractivity contribution is 0.267. The van der Waals surface area contributed by atoms with Crippen LogP contribution < -0.4 is 10.6 Å². The topological polar surface area (TPSA) is 73.8 Å². The van der Waals surface area contributed by atoms with E-state index < -0.39 is 9.84 Å². The van der Waals surface area contributed by atoms with E-state index in [1.807, 2.05) is 30.3 Å². The highest BCUT2D eigenvalue weighted by Crippen LogP contribution is 2.15. The van der Waals surface area contributed by atoms with Crippen molar-refractivity contribution in [1.29, 1.82) is 0 Å². The van der Waals surface area contributed by atoms with Crippen LogP contribution in [0.15, 0.2) is 35.3 Å². The number of aliphatic imine (C=N–C) groups is 1. The van der Waals surface area contributed by atoms with Crippen LogP contribution in [-0.4, -0.2) is 64.3 Å². The molecule has 0 saturated carbocycles. The summed E-state index contributed by atoms with van der Waals surface area (Å²) in [4.78, 5) is 6.71. The molecule has 0 spiro atoms. The molecule has 1 heterocycles. The molecular formula is C19H32N4O2S. The molecule has 0 aliphatic carbocycles. The van der Waals surface area contributed by atoms with Gasteiger partial charge in [0.05, 0.1) is 11.5 Å². The van der Waals surface area contributed by atoms with Crippen LogP contribution in [0.3, 0.4) is 0 Å². The molecule has 146 valence electrons. The molecule has 6 nitrogen and oxygen atoms in total. The first kappa shape index (κ1) is 20.7. The van der Waals surface area contributed by atoms with Crippen LogP contribution in [0, 0.1) is 0 Å². The highest BCUT2D eigenvalue weighted by molar-refractivity contribution is 7.90. The molecule has 1 atom stereocenters. The van der Waals surface area contributed by atoms with Gasteiger partial charge < -0.3 is 10.6 Å². The third-order valence-corrected chi connectivity index (χ3v) is 6.47. The number of likely N-dealkylation sites (tertiary alicyclic amines) is 1. The van der Waals surface area contributed by atoms with Crippen molar-refractivity contribution in [2.45, 2.75) is 38.0 Å². The van der Waals surface area contributed by atoms with Crippen molar-refractivity contribution in [1.82, 2.24) is 15.5 Å². The zero-order valence-corrected chi connectivity index (χ0v) is 16.8. The molecule has 1 aromatic carbocycles. The summed E-state index contributed by atoms with van der Waals surface area (Å²) >= 11 is 0. The summed E-state index contributed by atoms with van der Waals surface area (Å²) in [6, 6.07) is 9.89. The van der Waals surface area contributed by atoms with Gasteiger partial charge in [0.2, 0.25) is 0 Å². The van der Waals surface area contributed by atoms with Gasteiger partial charge in [0.1, 0.15) is 0 Å². The first-order valence-electron chi connectivity index (χ1n) is 9.47. The molecule has 0 amide bonds. The Morgan fingerprint density at radius 2 is 2.04 bits per heavy atom. The molecule has 1 saturated heterocycles. The number of sulfone groups is 1. The van der Waals surface area contributed by atoms with Gasteiger partial charge in [-0.05, 0) is 37.9 Å². The summed E-state index contributed by atoms with van der Waals surface area (Å²) in [5, 5.41) is 6.58. The second-order valence-corrected chi connectivity index (χ2v) is 8.92. The fraction of sp³-hybridized carbons (Fsp3) is 0.632. The normalized spacial score (nSPS) is 18.8. The SMILES string of the molecule is CCN1CCCC1CNC(=NC)NCCCS(=O)(=O)Cc1ccccc1. The number of likely N-dealkylation sites (N-methyl/N-ethyl adjacent to an activating group) is 1. The average molecular weight is 381 g/mol. The van der Waals surface area contributed by atoms with Crippen molar-refractivity contribution < 1.29 is 8.42 Å². The molecule has 1 fully saturated rings. The Balaban J connectivity index is 1.67. The van der Waals surface area contributed by atoms with Crippen LogP contribution in [0.1, 0.15) is 31.7 Å². The molecule has 7 heteroatoms. The number of nitrogens with one attached hydrogen (secondary N) is 2. The first-order chi connectivity index (χ1) is 12.5. The Kier molecular flexibility index (Phi) is 8.38. The van der Waals surface area contributed by atoms with Gasteiger partial charge in [-0.2, -0.15) is 0 Å². The lowest BCUT2D eigenvalue weighted by Gasteiger charge is -2.23. The zero-order valence-electron chi connectivity index (χ0n) is 15.9. The standard InChI is InChI=1S/C19H32N4O2S/c1-3-23-13-7-11-18(23)15-22-19(20-2)21-12-8-14-26(24,25)16-17-9-5-4-6-10-17/h4-6,9-10,18H,3,7-8,11-16H2,1-2H3,(H2,20,21,22). The lowest BCUT2D eigenvalue weighted by atomic mass is 10.2. The van der Waals surface area contributed by atoms with E-state index in [0.717, 1.165) is 24.6 Å². The van der Waals surface area contributed by atoms with Gasteiger partial charge in [0.15, 0.2) is 15.8 Å². The molecule has 0 bridgehead atoms. The van der Waals surface area contributed by atoms with Gasteiger partial charge in [0, 0.05) is 26.2 Å². The summed E-state index contributed by atoms with van der Waals surface area (Å²) in [6.07, 6.45) is 3.04. The Morgan fingerprint density at radius 1 is 1.27 bits per heavy atom. The summed E-state index contributed by atoms with van der Waals surface area (Å²) in [7, 11) is -1.34. The maximum Gasteiger partial charge on any atom is 0.191 e. The minimum absolute atomic E-state index is 0.106. The van der Waals surface area contributed by atoms with Gasteiger partial charge >= 0.3 is 0 Å². The molecule has 1 aromatic rings. The first-order valence-corrected chi connectivity index (χ1v) is 11.3. The van der Waals surface area contributed by atoms with E-state index in [-0.39, 0.29) is 11.5 Å². The van der Waals surface area contributed by atoms with E-state index in [1.165, 1.54) is 19.4 Å². The van der Waals surface area contributed by atoms with Crippen LogP contribution in [0.4, 0.5) is 0 Å². The highest BCUT2D eigenvalue weighted by atomic mass is 32.2. The van der Waals surface area contributed by atoms with Crippen molar-refractivity contribution in [3.8, 4) is 0 Å². The van der Waals surface area contributed by atoms with Crippen molar-refractivity contribution >= 4 is 15.8 Å². The Morgan fingerprint density at radius 3 is 2.73 bits per heavy atom. The van der Waals surface area contributed by atoms with E-state index in [9.17, 15) is 8.42 Å². The molecule has 0 aromatic heterocycles. The quantitative estimate of drug-likeness (QED) is 0.387. The molecule has 2 N–H and O–H groups in total. The highest BCUT2D eigenvalue weighted by Gasteiger charge is 2.22. The van der Waals surface area contributed by atoms with Crippen LogP contribution in [0.5, 0.6) is 0 Å². The fourth-order valence-electron chi connectivity index (χ4n) is 3.38. The number of benzene rings is 1. The maximum absolute atomic E-state index is 12.2. The van der Waals surface area contributed by atoms with Crippen LogP contribution >= 0.6 is 0 Å². The van der Waals surface area contributed by atoms with E-state index in [2.05, 4.69) is 27.4 Å². The van der Waals surface area contributed by atoms with Crippen molar-refractivity contribution in [2.24, 2.45) is 4.99 Å². The second-order valence-electron chi connectivity index (χ2n) is 6.74. The van der Waals surface area contributed by atoms with E-state index >= 15 is 0 Å². The van der Waals surface area contributed by atoms with Gasteiger partial charge in [0.25, 0.3) is 0 Å². The van der Waals surface area contributed by atoms with E-state index in [1.54, 1.807) is 7.05 Å². The lowest BCUT2D eigenvalue weighted by Crippen LogP contribution is -2.45. The fourth-order valence-corrected chi connectivity index (χ4v) is 4.81. The van der Waals surface area contributed by atoms with Crippen molar-refractivity contribution in [3.05, 3.63) is 35.9 Å². The van der Waals surface area contributed by atoms with Gasteiger partial charge in [-0.25, -0.2) is 8.42 Å². The Hall–Kier alpha value is -1.60. The van der Waals surface area contributed by atoms with Gasteiger partial charge in [-0.3, -0.25) is 9.89 Å². The number of guanidine groups is 1.